The lowest BCUT2D eigenvalue weighted by atomic mass is 10.1. The van der Waals surface area contributed by atoms with E-state index < -0.39 is 4.92 Å². The fraction of sp³-hybridized carbons (Fsp3) is 0.500. The molecule has 6 nitrogen and oxygen atoms in total. The minimum absolute atomic E-state index is 0.0846. The van der Waals surface area contributed by atoms with Crippen molar-refractivity contribution in [1.29, 1.82) is 0 Å². The average Bonchev–Trinajstić information content (AvgIpc) is 2.49. The second-order valence-corrected chi connectivity index (χ2v) is 5.00. The lowest BCUT2D eigenvalue weighted by Crippen LogP contribution is -2.27. The topological polar surface area (TPSA) is 72.7 Å². The fourth-order valence-corrected chi connectivity index (χ4v) is 2.09. The van der Waals surface area contributed by atoms with E-state index in [1.807, 2.05) is 0 Å². The van der Waals surface area contributed by atoms with Crippen LogP contribution in [-0.2, 0) is 0 Å². The maximum atomic E-state index is 12.2. The standard InChI is InChI=1S/C14H19ClN2O4/c1-16(9-5-3-4-8-15)14(18)11-6-7-12(17(19)20)13(10-11)21-2/h6-7,10H,3-5,8-9H2,1-2H3. The zero-order valence-corrected chi connectivity index (χ0v) is 12.9. The van der Waals surface area contributed by atoms with Crippen molar-refractivity contribution in [2.75, 3.05) is 26.6 Å². The molecule has 7 heteroatoms. The van der Waals surface area contributed by atoms with Gasteiger partial charge in [0.05, 0.1) is 12.0 Å². The summed E-state index contributed by atoms with van der Waals surface area (Å²) in [5.74, 6) is 0.521. The molecule has 0 unspecified atom stereocenters. The second kappa shape index (κ2) is 8.46. The van der Waals surface area contributed by atoms with Gasteiger partial charge in [0.25, 0.3) is 5.91 Å². The Labute approximate surface area is 128 Å². The lowest BCUT2D eigenvalue weighted by molar-refractivity contribution is -0.385. The van der Waals surface area contributed by atoms with Gasteiger partial charge >= 0.3 is 5.69 Å². The van der Waals surface area contributed by atoms with Crippen molar-refractivity contribution in [2.45, 2.75) is 19.3 Å². The zero-order valence-electron chi connectivity index (χ0n) is 12.2. The number of rotatable bonds is 8. The normalized spacial score (nSPS) is 10.2. The predicted octanol–water partition coefficient (Wildman–Crippen LogP) is 3.08. The SMILES string of the molecule is COc1cc(C(=O)N(C)CCCCCCl)ccc1[N+](=O)[O-]. The quantitative estimate of drug-likeness (QED) is 0.320. The Hall–Kier alpha value is -1.82. The molecule has 0 atom stereocenters. The van der Waals surface area contributed by atoms with Gasteiger partial charge in [-0.05, 0) is 18.9 Å². The Morgan fingerprint density at radius 3 is 2.67 bits per heavy atom. The molecule has 0 bridgehead atoms. The second-order valence-electron chi connectivity index (χ2n) is 4.62. The third kappa shape index (κ3) is 4.90. The van der Waals surface area contributed by atoms with Gasteiger partial charge in [0.1, 0.15) is 0 Å². The molecule has 1 rings (SSSR count). The van der Waals surface area contributed by atoms with E-state index in [2.05, 4.69) is 0 Å². The van der Waals surface area contributed by atoms with Gasteiger partial charge in [-0.15, -0.1) is 11.6 Å². The monoisotopic (exact) mass is 314 g/mol. The van der Waals surface area contributed by atoms with Crippen LogP contribution in [0.5, 0.6) is 5.75 Å². The van der Waals surface area contributed by atoms with Crippen LogP contribution in [0.15, 0.2) is 18.2 Å². The lowest BCUT2D eigenvalue weighted by Gasteiger charge is -2.17. The molecule has 1 aromatic carbocycles. The minimum atomic E-state index is -0.539. The van der Waals surface area contributed by atoms with Crippen LogP contribution in [0.1, 0.15) is 29.6 Å². The molecule has 0 saturated heterocycles. The molecule has 0 heterocycles. The third-order valence-corrected chi connectivity index (χ3v) is 3.36. The molecule has 1 amide bonds. The molecule has 1 aromatic rings. The number of carbonyl (C=O) groups is 1. The highest BCUT2D eigenvalue weighted by Crippen LogP contribution is 2.27. The van der Waals surface area contributed by atoms with Gasteiger partial charge < -0.3 is 9.64 Å². The molecule has 0 aliphatic heterocycles. The van der Waals surface area contributed by atoms with E-state index in [-0.39, 0.29) is 17.3 Å². The highest BCUT2D eigenvalue weighted by Gasteiger charge is 2.19. The van der Waals surface area contributed by atoms with Crippen LogP contribution in [-0.4, -0.2) is 42.3 Å². The number of amides is 1. The first kappa shape index (κ1) is 17.2. The van der Waals surface area contributed by atoms with E-state index in [0.29, 0.717) is 18.0 Å². The molecule has 0 radical (unpaired) electrons. The van der Waals surface area contributed by atoms with Crippen LogP contribution in [0.2, 0.25) is 0 Å². The van der Waals surface area contributed by atoms with Gasteiger partial charge in [0, 0.05) is 37.2 Å². The van der Waals surface area contributed by atoms with Crippen LogP contribution in [0.25, 0.3) is 0 Å². The summed E-state index contributed by atoms with van der Waals surface area (Å²) in [5.41, 5.74) is 0.219. The number of ether oxygens (including phenoxy) is 1. The first-order chi connectivity index (χ1) is 10.0. The summed E-state index contributed by atoms with van der Waals surface area (Å²) < 4.78 is 4.96. The van der Waals surface area contributed by atoms with Gasteiger partial charge in [-0.25, -0.2) is 0 Å². The Morgan fingerprint density at radius 1 is 1.38 bits per heavy atom. The van der Waals surface area contributed by atoms with Gasteiger partial charge in [-0.3, -0.25) is 14.9 Å². The maximum Gasteiger partial charge on any atom is 0.310 e. The Balaban J connectivity index is 2.75. The van der Waals surface area contributed by atoms with E-state index in [0.717, 1.165) is 19.3 Å². The first-order valence-electron chi connectivity index (χ1n) is 6.65. The molecule has 116 valence electrons. The van der Waals surface area contributed by atoms with E-state index in [9.17, 15) is 14.9 Å². The number of nitro groups is 1. The molecule has 0 fully saturated rings. The predicted molar refractivity (Wildman–Crippen MR) is 81.2 cm³/mol. The van der Waals surface area contributed by atoms with Crippen molar-refractivity contribution < 1.29 is 14.5 Å². The highest BCUT2D eigenvalue weighted by molar-refractivity contribution is 6.17. The Kier molecular flexibility index (Phi) is 6.94. The molecular formula is C14H19ClN2O4. The Bertz CT molecular complexity index is 508. The number of unbranched alkanes of at least 4 members (excludes halogenated alkanes) is 2. The highest BCUT2D eigenvalue weighted by atomic mass is 35.5. The number of nitro benzene ring substituents is 1. The van der Waals surface area contributed by atoms with E-state index in [1.54, 1.807) is 11.9 Å². The minimum Gasteiger partial charge on any atom is -0.490 e. The van der Waals surface area contributed by atoms with Crippen molar-refractivity contribution >= 4 is 23.2 Å². The largest absolute Gasteiger partial charge is 0.490 e. The number of benzene rings is 1. The summed E-state index contributed by atoms with van der Waals surface area (Å²) >= 11 is 5.60. The molecule has 21 heavy (non-hydrogen) atoms. The molecule has 0 aliphatic carbocycles. The van der Waals surface area contributed by atoms with Crippen LogP contribution in [0.4, 0.5) is 5.69 Å². The third-order valence-electron chi connectivity index (χ3n) is 3.10. The van der Waals surface area contributed by atoms with Gasteiger partial charge in [0.2, 0.25) is 0 Å². The number of halogens is 1. The summed E-state index contributed by atoms with van der Waals surface area (Å²) in [5, 5.41) is 10.8. The smallest absolute Gasteiger partial charge is 0.310 e. The van der Waals surface area contributed by atoms with E-state index >= 15 is 0 Å². The number of methoxy groups -OCH3 is 1. The number of nitrogens with zero attached hydrogens (tertiary/aromatic N) is 2. The molecular weight excluding hydrogens is 296 g/mol. The van der Waals surface area contributed by atoms with Crippen molar-refractivity contribution in [1.82, 2.24) is 4.90 Å². The fourth-order valence-electron chi connectivity index (χ4n) is 1.90. The van der Waals surface area contributed by atoms with Crippen molar-refractivity contribution in [3.8, 4) is 5.75 Å². The zero-order chi connectivity index (χ0) is 15.8. The van der Waals surface area contributed by atoms with Gasteiger partial charge in [-0.1, -0.05) is 6.42 Å². The summed E-state index contributed by atoms with van der Waals surface area (Å²) in [4.78, 5) is 24.1. The van der Waals surface area contributed by atoms with Crippen LogP contribution in [0.3, 0.4) is 0 Å². The van der Waals surface area contributed by atoms with Crippen LogP contribution < -0.4 is 4.74 Å². The van der Waals surface area contributed by atoms with Crippen molar-refractivity contribution in [3.63, 3.8) is 0 Å². The van der Waals surface area contributed by atoms with Crippen LogP contribution in [0, 0.1) is 10.1 Å². The summed E-state index contributed by atoms with van der Waals surface area (Å²) in [6.07, 6.45) is 2.76. The number of alkyl halides is 1. The molecule has 0 aromatic heterocycles. The summed E-state index contributed by atoms with van der Waals surface area (Å²) in [6.45, 7) is 0.620. The van der Waals surface area contributed by atoms with Gasteiger partial charge in [-0.2, -0.15) is 0 Å². The summed E-state index contributed by atoms with van der Waals surface area (Å²) in [7, 11) is 3.05. The first-order valence-corrected chi connectivity index (χ1v) is 7.18. The van der Waals surface area contributed by atoms with Crippen LogP contribution >= 0.6 is 11.6 Å². The van der Waals surface area contributed by atoms with Crippen molar-refractivity contribution in [2.24, 2.45) is 0 Å². The van der Waals surface area contributed by atoms with Crippen molar-refractivity contribution in [3.05, 3.63) is 33.9 Å². The van der Waals surface area contributed by atoms with E-state index in [4.69, 9.17) is 16.3 Å². The average molecular weight is 315 g/mol. The number of hydrogen-bond donors (Lipinski definition) is 0. The molecule has 0 saturated carbocycles. The van der Waals surface area contributed by atoms with E-state index in [1.165, 1.54) is 25.3 Å². The Morgan fingerprint density at radius 2 is 2.10 bits per heavy atom. The molecule has 0 aliphatic rings. The number of hydrogen-bond acceptors (Lipinski definition) is 4. The summed E-state index contributed by atoms with van der Waals surface area (Å²) in [6, 6.07) is 4.13. The number of carbonyl (C=O) groups excluding carboxylic acids is 1. The molecule has 0 spiro atoms. The molecule has 0 N–H and O–H groups in total. The van der Waals surface area contributed by atoms with Gasteiger partial charge in [0.15, 0.2) is 5.75 Å². The maximum absolute atomic E-state index is 12.2.